The molecule has 0 radical (unpaired) electrons. The molecule has 2 aromatic carbocycles. The lowest BCUT2D eigenvalue weighted by molar-refractivity contribution is -0.384. The maximum absolute atomic E-state index is 12.1. The smallest absolute Gasteiger partial charge is 0.294 e. The highest BCUT2D eigenvalue weighted by Crippen LogP contribution is 2.31. The van der Waals surface area contributed by atoms with E-state index < -0.39 is 4.92 Å². The number of hydrogen-bond acceptors (Lipinski definition) is 6. The van der Waals surface area contributed by atoms with E-state index in [1.807, 2.05) is 6.07 Å². The fourth-order valence-corrected chi connectivity index (χ4v) is 2.94. The molecule has 8 heteroatoms. The highest BCUT2D eigenvalue weighted by molar-refractivity contribution is 8.18. The molecule has 0 saturated carbocycles. The number of nitrogens with zero attached hydrogens (tertiary/aromatic N) is 3. The van der Waals surface area contributed by atoms with Gasteiger partial charge in [0.25, 0.3) is 11.6 Å². The summed E-state index contributed by atoms with van der Waals surface area (Å²) in [5.41, 5.74) is 1.34. The Bertz CT molecular complexity index is 959. The Labute approximate surface area is 146 Å². The standard InChI is InChI=1S/C17H10N4O3S/c18-10-12-7-5-11(6-8-12)9-15-16(22)20-17(25-15)19-13-3-1-2-4-14(13)21(23)24/h1-9H,(H,19,20,22)/b15-9-. The molecular formula is C17H10N4O3S. The number of nitriles is 1. The predicted molar refractivity (Wildman–Crippen MR) is 95.1 cm³/mol. The summed E-state index contributed by atoms with van der Waals surface area (Å²) in [6.07, 6.45) is 1.67. The molecule has 3 rings (SSSR count). The van der Waals surface area contributed by atoms with E-state index in [1.54, 1.807) is 42.5 Å². The molecule has 7 nitrogen and oxygen atoms in total. The average Bonchev–Trinajstić information content (AvgIpc) is 2.95. The van der Waals surface area contributed by atoms with Gasteiger partial charge in [0.15, 0.2) is 5.17 Å². The number of carbonyl (C=O) groups is 1. The van der Waals surface area contributed by atoms with E-state index in [0.717, 1.165) is 17.3 Å². The number of rotatable bonds is 3. The van der Waals surface area contributed by atoms with Gasteiger partial charge in [0.2, 0.25) is 0 Å². The Morgan fingerprint density at radius 3 is 2.60 bits per heavy atom. The van der Waals surface area contributed by atoms with Gasteiger partial charge in [-0.05, 0) is 41.6 Å². The first-order valence-corrected chi connectivity index (χ1v) is 7.91. The van der Waals surface area contributed by atoms with Crippen molar-refractivity contribution >= 4 is 40.3 Å². The first kappa shape index (κ1) is 16.4. The second kappa shape index (κ2) is 6.98. The number of benzene rings is 2. The van der Waals surface area contributed by atoms with Crippen LogP contribution in [0.4, 0.5) is 11.4 Å². The summed E-state index contributed by atoms with van der Waals surface area (Å²) in [7, 11) is 0. The molecular weight excluding hydrogens is 340 g/mol. The van der Waals surface area contributed by atoms with Crippen molar-refractivity contribution in [3.8, 4) is 6.07 Å². The van der Waals surface area contributed by atoms with Crippen molar-refractivity contribution in [3.63, 3.8) is 0 Å². The lowest BCUT2D eigenvalue weighted by Gasteiger charge is -1.98. The molecule has 0 aromatic heterocycles. The number of thioether (sulfide) groups is 1. The van der Waals surface area contributed by atoms with Crippen LogP contribution in [0.1, 0.15) is 11.1 Å². The van der Waals surface area contributed by atoms with Crippen molar-refractivity contribution in [2.45, 2.75) is 0 Å². The number of amidine groups is 1. The summed E-state index contributed by atoms with van der Waals surface area (Å²) in [4.78, 5) is 27.1. The average molecular weight is 350 g/mol. The number of carbonyl (C=O) groups excluding carboxylic acids is 1. The Balaban J connectivity index is 1.86. The van der Waals surface area contributed by atoms with Gasteiger partial charge in [-0.1, -0.05) is 24.3 Å². The van der Waals surface area contributed by atoms with Crippen LogP contribution in [0, 0.1) is 21.4 Å². The molecule has 1 saturated heterocycles. The second-order valence-corrected chi connectivity index (χ2v) is 5.99. The van der Waals surface area contributed by atoms with Gasteiger partial charge in [-0.3, -0.25) is 14.9 Å². The van der Waals surface area contributed by atoms with E-state index in [2.05, 4.69) is 10.3 Å². The van der Waals surface area contributed by atoms with E-state index in [4.69, 9.17) is 5.26 Å². The molecule has 0 bridgehead atoms. The van der Waals surface area contributed by atoms with E-state index in [0.29, 0.717) is 10.5 Å². The Morgan fingerprint density at radius 1 is 1.20 bits per heavy atom. The van der Waals surface area contributed by atoms with E-state index >= 15 is 0 Å². The van der Waals surface area contributed by atoms with Crippen molar-refractivity contribution in [1.29, 1.82) is 5.26 Å². The molecule has 1 aliphatic heterocycles. The maximum Gasteiger partial charge on any atom is 0.294 e. The van der Waals surface area contributed by atoms with Crippen LogP contribution in [-0.2, 0) is 4.79 Å². The minimum atomic E-state index is -0.520. The predicted octanol–water partition coefficient (Wildman–Crippen LogP) is 3.36. The highest BCUT2D eigenvalue weighted by Gasteiger charge is 2.25. The zero-order chi connectivity index (χ0) is 17.8. The molecule has 1 amide bonds. The first-order chi connectivity index (χ1) is 12.1. The first-order valence-electron chi connectivity index (χ1n) is 7.10. The fourth-order valence-electron chi connectivity index (χ4n) is 2.11. The van der Waals surface area contributed by atoms with Crippen LogP contribution in [0.15, 0.2) is 58.4 Å². The van der Waals surface area contributed by atoms with Crippen molar-refractivity contribution < 1.29 is 9.72 Å². The zero-order valence-corrected chi connectivity index (χ0v) is 13.5. The SMILES string of the molecule is N#Cc1ccc(/C=C2\SC(=Nc3ccccc3[N+](=O)[O-])NC2=O)cc1. The summed E-state index contributed by atoms with van der Waals surface area (Å²) in [6, 6.07) is 14.9. The third-order valence-electron chi connectivity index (χ3n) is 3.29. The lowest BCUT2D eigenvalue weighted by atomic mass is 10.1. The van der Waals surface area contributed by atoms with Gasteiger partial charge >= 0.3 is 0 Å². The van der Waals surface area contributed by atoms with Crippen molar-refractivity contribution in [2.24, 2.45) is 4.99 Å². The third-order valence-corrected chi connectivity index (χ3v) is 4.20. The van der Waals surface area contributed by atoms with Crippen LogP contribution >= 0.6 is 11.8 Å². The van der Waals surface area contributed by atoms with Crippen LogP contribution in [0.5, 0.6) is 0 Å². The molecule has 1 fully saturated rings. The van der Waals surface area contributed by atoms with Gasteiger partial charge in [-0.2, -0.15) is 5.26 Å². The van der Waals surface area contributed by atoms with Crippen LogP contribution in [0.2, 0.25) is 0 Å². The zero-order valence-electron chi connectivity index (χ0n) is 12.7. The van der Waals surface area contributed by atoms with E-state index in [-0.39, 0.29) is 22.4 Å². The van der Waals surface area contributed by atoms with E-state index in [9.17, 15) is 14.9 Å². The summed E-state index contributed by atoms with van der Waals surface area (Å²) in [5.74, 6) is -0.327. The molecule has 25 heavy (non-hydrogen) atoms. The topological polar surface area (TPSA) is 108 Å². The van der Waals surface area contributed by atoms with Gasteiger partial charge in [-0.15, -0.1) is 0 Å². The Hall–Kier alpha value is -3.44. The molecule has 0 atom stereocenters. The fraction of sp³-hybridized carbons (Fsp3) is 0. The van der Waals surface area contributed by atoms with Gasteiger partial charge in [0.1, 0.15) is 5.69 Å². The second-order valence-electron chi connectivity index (χ2n) is 4.96. The van der Waals surface area contributed by atoms with E-state index in [1.165, 1.54) is 12.1 Å². The molecule has 1 N–H and O–H groups in total. The molecule has 0 unspecified atom stereocenters. The van der Waals surface area contributed by atoms with Crippen LogP contribution < -0.4 is 5.32 Å². The van der Waals surface area contributed by atoms with Gasteiger partial charge in [0, 0.05) is 6.07 Å². The molecule has 0 spiro atoms. The normalized spacial score (nSPS) is 16.7. The Kier molecular flexibility index (Phi) is 4.59. The van der Waals surface area contributed by atoms with Crippen molar-refractivity contribution in [3.05, 3.63) is 74.7 Å². The molecule has 2 aromatic rings. The monoisotopic (exact) mass is 350 g/mol. The molecule has 0 aliphatic carbocycles. The van der Waals surface area contributed by atoms with Crippen LogP contribution in [-0.4, -0.2) is 16.0 Å². The number of para-hydroxylation sites is 2. The molecule has 1 aliphatic rings. The number of hydrogen-bond donors (Lipinski definition) is 1. The lowest BCUT2D eigenvalue weighted by Crippen LogP contribution is -2.19. The molecule has 122 valence electrons. The van der Waals surface area contributed by atoms with Crippen molar-refractivity contribution in [1.82, 2.24) is 5.32 Å². The van der Waals surface area contributed by atoms with Gasteiger partial charge in [-0.25, -0.2) is 4.99 Å². The van der Waals surface area contributed by atoms with Crippen LogP contribution in [0.3, 0.4) is 0 Å². The van der Waals surface area contributed by atoms with Gasteiger partial charge in [0.05, 0.1) is 21.5 Å². The van der Waals surface area contributed by atoms with Crippen LogP contribution in [0.25, 0.3) is 6.08 Å². The number of aliphatic imine (C=N–C) groups is 1. The minimum absolute atomic E-state index is 0.130. The van der Waals surface area contributed by atoms with Gasteiger partial charge < -0.3 is 5.32 Å². The summed E-state index contributed by atoms with van der Waals surface area (Å²) < 4.78 is 0. The largest absolute Gasteiger partial charge is 0.300 e. The number of nitro groups is 1. The number of nitrogens with one attached hydrogen (secondary N) is 1. The van der Waals surface area contributed by atoms with Crippen molar-refractivity contribution in [2.75, 3.05) is 0 Å². The Morgan fingerprint density at radius 2 is 1.92 bits per heavy atom. The minimum Gasteiger partial charge on any atom is -0.300 e. The third kappa shape index (κ3) is 3.73. The number of amides is 1. The summed E-state index contributed by atoms with van der Waals surface area (Å²) >= 11 is 1.10. The highest BCUT2D eigenvalue weighted by atomic mass is 32.2. The maximum atomic E-state index is 12.1. The summed E-state index contributed by atoms with van der Waals surface area (Å²) in [6.45, 7) is 0. The quantitative estimate of drug-likeness (QED) is 0.519. The summed E-state index contributed by atoms with van der Waals surface area (Å²) in [5, 5.41) is 22.7. The number of nitro benzene ring substituents is 1. The molecule has 1 heterocycles.